The molecule has 0 saturated heterocycles. The number of rotatable bonds is 6. The third-order valence-electron chi connectivity index (χ3n) is 4.50. The molecule has 1 unspecified atom stereocenters. The summed E-state index contributed by atoms with van der Waals surface area (Å²) in [6.45, 7) is 0.395. The van der Waals surface area contributed by atoms with Gasteiger partial charge in [-0.15, -0.1) is 0 Å². The van der Waals surface area contributed by atoms with Gasteiger partial charge in [0.25, 0.3) is 0 Å². The van der Waals surface area contributed by atoms with Crippen molar-refractivity contribution >= 4 is 15.8 Å². The van der Waals surface area contributed by atoms with Gasteiger partial charge in [0.15, 0.2) is 9.84 Å². The summed E-state index contributed by atoms with van der Waals surface area (Å²) >= 11 is 0. The van der Waals surface area contributed by atoms with E-state index in [0.29, 0.717) is 12.2 Å². The number of para-hydroxylation sites is 1. The molecule has 28 heavy (non-hydrogen) atoms. The van der Waals surface area contributed by atoms with Gasteiger partial charge in [0.2, 0.25) is 0 Å². The molecule has 0 radical (unpaired) electrons. The largest absolute Gasteiger partial charge is 0.507 e. The Bertz CT molecular complexity index is 1020. The predicted molar refractivity (Wildman–Crippen MR) is 101 cm³/mol. The zero-order valence-corrected chi connectivity index (χ0v) is 16.2. The average molecular weight is 404 g/mol. The standard InChI is InChI=1S/C20H20O7S/c1-25-19-15(13-9-10-27-11-13)8-7-14(18(19)20(22)26-2)12-28(23,24)17-6-4-3-5-16(17)21/h3-10,13,21H,11-12H2,1-2H3. The van der Waals surface area contributed by atoms with Crippen LogP contribution in [-0.2, 0) is 25.1 Å². The molecule has 0 spiro atoms. The molecule has 3 rings (SSSR count). The number of carbonyl (C=O) groups is 1. The highest BCUT2D eigenvalue weighted by Crippen LogP contribution is 2.37. The topological polar surface area (TPSA) is 99.1 Å². The van der Waals surface area contributed by atoms with Crippen molar-refractivity contribution in [1.82, 2.24) is 0 Å². The van der Waals surface area contributed by atoms with Gasteiger partial charge in [-0.25, -0.2) is 13.2 Å². The minimum absolute atomic E-state index is 0.0433. The number of hydrogen-bond donors (Lipinski definition) is 1. The maximum atomic E-state index is 12.8. The second-order valence-electron chi connectivity index (χ2n) is 6.21. The summed E-state index contributed by atoms with van der Waals surface area (Å²) in [7, 11) is -1.29. The van der Waals surface area contributed by atoms with Crippen molar-refractivity contribution in [2.24, 2.45) is 0 Å². The SMILES string of the molecule is COC(=O)c1c(CS(=O)(=O)c2ccccc2O)ccc(C2C=COC2)c1OC. The molecule has 1 atom stereocenters. The van der Waals surface area contributed by atoms with Gasteiger partial charge in [-0.1, -0.05) is 24.3 Å². The van der Waals surface area contributed by atoms with E-state index in [1.54, 1.807) is 18.4 Å². The predicted octanol–water partition coefficient (Wildman–Crippen LogP) is 2.79. The van der Waals surface area contributed by atoms with Crippen LogP contribution in [0.5, 0.6) is 11.5 Å². The third kappa shape index (κ3) is 3.68. The maximum Gasteiger partial charge on any atom is 0.341 e. The number of esters is 1. The van der Waals surface area contributed by atoms with Gasteiger partial charge in [0, 0.05) is 11.5 Å². The Kier molecular flexibility index (Phi) is 5.60. The van der Waals surface area contributed by atoms with Crippen LogP contribution in [0.1, 0.15) is 27.4 Å². The van der Waals surface area contributed by atoms with Crippen molar-refractivity contribution < 1.29 is 32.5 Å². The van der Waals surface area contributed by atoms with E-state index in [0.717, 1.165) is 0 Å². The molecule has 0 aromatic heterocycles. The van der Waals surface area contributed by atoms with E-state index < -0.39 is 21.6 Å². The lowest BCUT2D eigenvalue weighted by Crippen LogP contribution is -2.15. The Labute approximate surface area is 163 Å². The van der Waals surface area contributed by atoms with Crippen molar-refractivity contribution in [3.63, 3.8) is 0 Å². The summed E-state index contributed by atoms with van der Waals surface area (Å²) < 4.78 is 41.3. The van der Waals surface area contributed by atoms with Crippen LogP contribution in [0, 0.1) is 0 Å². The normalized spacial score (nSPS) is 15.9. The van der Waals surface area contributed by atoms with Crippen LogP contribution in [0.4, 0.5) is 0 Å². The Morgan fingerprint density at radius 1 is 1.21 bits per heavy atom. The number of methoxy groups -OCH3 is 2. The van der Waals surface area contributed by atoms with E-state index in [1.807, 2.05) is 6.08 Å². The molecule has 7 nitrogen and oxygen atoms in total. The van der Waals surface area contributed by atoms with Crippen LogP contribution in [0.2, 0.25) is 0 Å². The van der Waals surface area contributed by atoms with Gasteiger partial charge < -0.3 is 19.3 Å². The molecule has 1 aliphatic rings. The van der Waals surface area contributed by atoms with Crippen LogP contribution >= 0.6 is 0 Å². The molecule has 0 bridgehead atoms. The van der Waals surface area contributed by atoms with Gasteiger partial charge in [-0.05, 0) is 23.8 Å². The van der Waals surface area contributed by atoms with Crippen molar-refractivity contribution in [3.8, 4) is 11.5 Å². The number of benzene rings is 2. The Morgan fingerprint density at radius 3 is 2.57 bits per heavy atom. The first-order valence-corrected chi connectivity index (χ1v) is 10.1. The van der Waals surface area contributed by atoms with Crippen LogP contribution in [0.15, 0.2) is 53.6 Å². The monoisotopic (exact) mass is 404 g/mol. The molecule has 1 N–H and O–H groups in total. The molecule has 2 aromatic rings. The van der Waals surface area contributed by atoms with Crippen molar-refractivity contribution in [3.05, 3.63) is 65.4 Å². The highest BCUT2D eigenvalue weighted by molar-refractivity contribution is 7.90. The summed E-state index contributed by atoms with van der Waals surface area (Å²) in [4.78, 5) is 12.3. The second-order valence-corrected chi connectivity index (χ2v) is 8.17. The summed E-state index contributed by atoms with van der Waals surface area (Å²) in [6, 6.07) is 8.94. The molecule has 2 aromatic carbocycles. The highest BCUT2D eigenvalue weighted by atomic mass is 32.2. The Balaban J connectivity index is 2.11. The van der Waals surface area contributed by atoms with Crippen molar-refractivity contribution in [2.45, 2.75) is 16.6 Å². The zero-order chi connectivity index (χ0) is 20.3. The smallest absolute Gasteiger partial charge is 0.341 e. The minimum Gasteiger partial charge on any atom is -0.507 e. The molecule has 8 heteroatoms. The molecule has 0 aliphatic carbocycles. The van der Waals surface area contributed by atoms with Crippen molar-refractivity contribution in [1.29, 1.82) is 0 Å². The minimum atomic E-state index is -3.92. The first kappa shape index (κ1) is 19.8. The molecule has 1 aliphatic heterocycles. The number of phenolic OH excluding ortho intramolecular Hbond substituents is 1. The van der Waals surface area contributed by atoms with Crippen LogP contribution in [-0.4, -0.2) is 40.3 Å². The van der Waals surface area contributed by atoms with E-state index in [4.69, 9.17) is 14.2 Å². The maximum absolute atomic E-state index is 12.8. The lowest BCUT2D eigenvalue weighted by Gasteiger charge is -2.19. The molecule has 0 fully saturated rings. The summed E-state index contributed by atoms with van der Waals surface area (Å²) in [5.41, 5.74) is 0.959. The molecular weight excluding hydrogens is 384 g/mol. The summed E-state index contributed by atoms with van der Waals surface area (Å²) in [5.74, 6) is -1.43. The van der Waals surface area contributed by atoms with Gasteiger partial charge >= 0.3 is 5.97 Å². The van der Waals surface area contributed by atoms with Gasteiger partial charge in [-0.2, -0.15) is 0 Å². The van der Waals surface area contributed by atoms with E-state index in [2.05, 4.69) is 0 Å². The summed E-state index contributed by atoms with van der Waals surface area (Å²) in [6.07, 6.45) is 3.40. The van der Waals surface area contributed by atoms with E-state index >= 15 is 0 Å². The first-order chi connectivity index (χ1) is 13.4. The average Bonchev–Trinajstić information content (AvgIpc) is 3.21. The van der Waals surface area contributed by atoms with Crippen LogP contribution in [0.3, 0.4) is 0 Å². The number of sulfone groups is 1. The lowest BCUT2D eigenvalue weighted by molar-refractivity contribution is 0.0595. The zero-order valence-electron chi connectivity index (χ0n) is 15.4. The van der Waals surface area contributed by atoms with Gasteiger partial charge in [0.05, 0.1) is 32.8 Å². The number of phenols is 1. The molecular formula is C20H20O7S. The van der Waals surface area contributed by atoms with Crippen LogP contribution in [0.25, 0.3) is 0 Å². The molecule has 0 amide bonds. The first-order valence-electron chi connectivity index (χ1n) is 8.46. The quantitative estimate of drug-likeness (QED) is 0.739. The Morgan fingerprint density at radius 2 is 1.96 bits per heavy atom. The van der Waals surface area contributed by atoms with Crippen molar-refractivity contribution in [2.75, 3.05) is 20.8 Å². The molecule has 0 saturated carbocycles. The Hall–Kier alpha value is -3.00. The van der Waals surface area contributed by atoms with E-state index in [9.17, 15) is 18.3 Å². The van der Waals surface area contributed by atoms with Gasteiger partial charge in [0.1, 0.15) is 22.0 Å². The lowest BCUT2D eigenvalue weighted by atomic mass is 9.94. The number of ether oxygens (including phenoxy) is 3. The molecule has 148 valence electrons. The number of aromatic hydroxyl groups is 1. The van der Waals surface area contributed by atoms with E-state index in [-0.39, 0.29) is 33.4 Å². The third-order valence-corrected chi connectivity index (χ3v) is 6.20. The van der Waals surface area contributed by atoms with Gasteiger partial charge in [-0.3, -0.25) is 0 Å². The van der Waals surface area contributed by atoms with E-state index in [1.165, 1.54) is 38.5 Å². The van der Waals surface area contributed by atoms with Crippen LogP contribution < -0.4 is 4.74 Å². The number of carbonyl (C=O) groups excluding carboxylic acids is 1. The second kappa shape index (κ2) is 7.93. The number of hydrogen-bond acceptors (Lipinski definition) is 7. The fraction of sp³-hybridized carbons (Fsp3) is 0.250. The highest BCUT2D eigenvalue weighted by Gasteiger charge is 2.29. The summed E-state index contributed by atoms with van der Waals surface area (Å²) in [5, 5.41) is 9.92. The fourth-order valence-corrected chi connectivity index (χ4v) is 4.64. The fourth-order valence-electron chi connectivity index (χ4n) is 3.16. The molecule has 1 heterocycles.